The van der Waals surface area contributed by atoms with Gasteiger partial charge in [0, 0.05) is 11.9 Å². The van der Waals surface area contributed by atoms with Crippen molar-refractivity contribution >= 4 is 34.5 Å². The standard InChI is InChI=1S/C17H18N4OS/c1-3-14(16(22)19-12-7-4-6-11(2)10-12)23-17-20-13-8-5-9-18-15(13)21-17/h4-10,14H,3H2,1-2H3,(H,19,22)(H,18,20,21)/t14-/m0/s1. The smallest absolute Gasteiger partial charge is 0.237 e. The molecule has 118 valence electrons. The fourth-order valence-electron chi connectivity index (χ4n) is 2.28. The summed E-state index contributed by atoms with van der Waals surface area (Å²) in [5, 5.41) is 3.47. The highest BCUT2D eigenvalue weighted by molar-refractivity contribution is 8.00. The van der Waals surface area contributed by atoms with Crippen LogP contribution >= 0.6 is 11.8 Å². The molecule has 1 atom stereocenters. The van der Waals surface area contributed by atoms with Crippen molar-refractivity contribution < 1.29 is 4.79 Å². The molecular formula is C17H18N4OS. The van der Waals surface area contributed by atoms with Gasteiger partial charge >= 0.3 is 0 Å². The van der Waals surface area contributed by atoms with E-state index in [9.17, 15) is 4.79 Å². The third-order valence-corrected chi connectivity index (χ3v) is 4.69. The van der Waals surface area contributed by atoms with Crippen molar-refractivity contribution in [1.29, 1.82) is 0 Å². The first-order valence-corrected chi connectivity index (χ1v) is 8.38. The van der Waals surface area contributed by atoms with Gasteiger partial charge in [-0.15, -0.1) is 0 Å². The normalized spacial score (nSPS) is 12.3. The number of aromatic nitrogens is 3. The number of nitrogens with one attached hydrogen (secondary N) is 2. The maximum absolute atomic E-state index is 12.5. The quantitative estimate of drug-likeness (QED) is 0.700. The summed E-state index contributed by atoms with van der Waals surface area (Å²) in [7, 11) is 0. The van der Waals surface area contributed by atoms with Gasteiger partial charge in [-0.25, -0.2) is 9.97 Å². The zero-order valence-corrected chi connectivity index (χ0v) is 13.9. The van der Waals surface area contributed by atoms with Crippen LogP contribution in [-0.2, 0) is 4.79 Å². The Labute approximate surface area is 138 Å². The monoisotopic (exact) mass is 326 g/mol. The minimum absolute atomic E-state index is 0.0171. The van der Waals surface area contributed by atoms with Crippen LogP contribution in [-0.4, -0.2) is 26.1 Å². The van der Waals surface area contributed by atoms with Crippen molar-refractivity contribution in [2.24, 2.45) is 0 Å². The molecule has 0 saturated carbocycles. The van der Waals surface area contributed by atoms with E-state index in [0.29, 0.717) is 17.2 Å². The van der Waals surface area contributed by atoms with E-state index in [1.54, 1.807) is 6.20 Å². The molecule has 0 fully saturated rings. The summed E-state index contributed by atoms with van der Waals surface area (Å²) in [5.74, 6) is -0.0171. The second kappa shape index (κ2) is 6.83. The van der Waals surface area contributed by atoms with E-state index in [1.807, 2.05) is 50.2 Å². The van der Waals surface area contributed by atoms with Crippen molar-refractivity contribution in [2.45, 2.75) is 30.7 Å². The zero-order valence-electron chi connectivity index (χ0n) is 13.0. The van der Waals surface area contributed by atoms with E-state index in [-0.39, 0.29) is 11.2 Å². The number of pyridine rings is 1. The molecule has 0 saturated heterocycles. The molecule has 0 aliphatic heterocycles. The summed E-state index contributed by atoms with van der Waals surface area (Å²) < 4.78 is 0. The van der Waals surface area contributed by atoms with Crippen molar-refractivity contribution in [2.75, 3.05) is 5.32 Å². The zero-order chi connectivity index (χ0) is 16.2. The van der Waals surface area contributed by atoms with E-state index < -0.39 is 0 Å². The number of rotatable bonds is 5. The van der Waals surface area contributed by atoms with Gasteiger partial charge < -0.3 is 10.3 Å². The summed E-state index contributed by atoms with van der Waals surface area (Å²) in [6, 6.07) is 11.6. The lowest BCUT2D eigenvalue weighted by Gasteiger charge is -2.13. The van der Waals surface area contributed by atoms with Gasteiger partial charge in [-0.1, -0.05) is 30.8 Å². The molecule has 23 heavy (non-hydrogen) atoms. The lowest BCUT2D eigenvalue weighted by Crippen LogP contribution is -2.24. The number of nitrogens with zero attached hydrogens (tertiary/aromatic N) is 2. The van der Waals surface area contributed by atoms with Crippen molar-refractivity contribution in [3.05, 3.63) is 48.2 Å². The molecule has 0 radical (unpaired) electrons. The summed E-state index contributed by atoms with van der Waals surface area (Å²) in [6.45, 7) is 4.00. The number of aryl methyl sites for hydroxylation is 1. The molecule has 0 aliphatic rings. The van der Waals surface area contributed by atoms with E-state index in [2.05, 4.69) is 20.3 Å². The molecule has 2 aromatic heterocycles. The number of fused-ring (bicyclic) bond motifs is 1. The first-order valence-electron chi connectivity index (χ1n) is 7.50. The van der Waals surface area contributed by atoms with Gasteiger partial charge in [0.1, 0.15) is 0 Å². The van der Waals surface area contributed by atoms with Gasteiger partial charge in [-0.3, -0.25) is 4.79 Å². The van der Waals surface area contributed by atoms with E-state index in [4.69, 9.17) is 0 Å². The Balaban J connectivity index is 1.72. The van der Waals surface area contributed by atoms with Gasteiger partial charge in [0.15, 0.2) is 10.8 Å². The fraction of sp³-hybridized carbons (Fsp3) is 0.235. The number of H-pyrrole nitrogens is 1. The number of hydrogen-bond donors (Lipinski definition) is 2. The number of carbonyl (C=O) groups excluding carboxylic acids is 1. The molecule has 0 bridgehead atoms. The minimum atomic E-state index is -0.212. The highest BCUT2D eigenvalue weighted by Crippen LogP contribution is 2.25. The van der Waals surface area contributed by atoms with Crippen LogP contribution in [0.15, 0.2) is 47.8 Å². The van der Waals surface area contributed by atoms with Gasteiger partial charge in [-0.2, -0.15) is 0 Å². The number of anilines is 1. The van der Waals surface area contributed by atoms with Gasteiger partial charge in [0.25, 0.3) is 0 Å². The van der Waals surface area contributed by atoms with Crippen LogP contribution in [0.25, 0.3) is 11.2 Å². The predicted molar refractivity (Wildman–Crippen MR) is 93.6 cm³/mol. The van der Waals surface area contributed by atoms with Crippen LogP contribution in [0.4, 0.5) is 5.69 Å². The Morgan fingerprint density at radius 2 is 2.22 bits per heavy atom. The van der Waals surface area contributed by atoms with Crippen molar-refractivity contribution in [3.8, 4) is 0 Å². The van der Waals surface area contributed by atoms with Crippen LogP contribution in [0.1, 0.15) is 18.9 Å². The van der Waals surface area contributed by atoms with Crippen LogP contribution in [0, 0.1) is 6.92 Å². The second-order valence-electron chi connectivity index (χ2n) is 5.29. The highest BCUT2D eigenvalue weighted by Gasteiger charge is 2.20. The molecule has 2 N–H and O–H groups in total. The minimum Gasteiger partial charge on any atom is -0.332 e. The Morgan fingerprint density at radius 3 is 2.96 bits per heavy atom. The maximum Gasteiger partial charge on any atom is 0.237 e. The SMILES string of the molecule is CC[C@H](Sc1nc2ncccc2[nH]1)C(=O)Nc1cccc(C)c1. The molecular weight excluding hydrogens is 308 g/mol. The Bertz CT molecular complexity index is 797. The van der Waals surface area contributed by atoms with Crippen LogP contribution in [0.5, 0.6) is 0 Å². The number of imidazole rings is 1. The maximum atomic E-state index is 12.5. The number of hydrogen-bond acceptors (Lipinski definition) is 4. The molecule has 1 amide bonds. The number of carbonyl (C=O) groups is 1. The molecule has 3 aromatic rings. The van der Waals surface area contributed by atoms with Crippen LogP contribution in [0.2, 0.25) is 0 Å². The molecule has 0 spiro atoms. The third kappa shape index (κ3) is 3.71. The van der Waals surface area contributed by atoms with Crippen LogP contribution < -0.4 is 5.32 Å². The predicted octanol–water partition coefficient (Wildman–Crippen LogP) is 3.78. The molecule has 2 heterocycles. The number of thioether (sulfide) groups is 1. The summed E-state index contributed by atoms with van der Waals surface area (Å²) in [4.78, 5) is 24.3. The lowest BCUT2D eigenvalue weighted by molar-refractivity contribution is -0.115. The number of aromatic amines is 1. The Kier molecular flexibility index (Phi) is 4.62. The average Bonchev–Trinajstić information content (AvgIpc) is 2.95. The van der Waals surface area contributed by atoms with E-state index in [1.165, 1.54) is 11.8 Å². The first-order chi connectivity index (χ1) is 11.2. The number of amides is 1. The summed E-state index contributed by atoms with van der Waals surface area (Å²) >= 11 is 1.43. The molecule has 0 aliphatic carbocycles. The van der Waals surface area contributed by atoms with E-state index >= 15 is 0 Å². The Morgan fingerprint density at radius 1 is 1.35 bits per heavy atom. The third-order valence-electron chi connectivity index (χ3n) is 3.44. The van der Waals surface area contributed by atoms with Gasteiger partial charge in [-0.05, 0) is 43.2 Å². The van der Waals surface area contributed by atoms with Crippen molar-refractivity contribution in [3.63, 3.8) is 0 Å². The molecule has 3 rings (SSSR count). The van der Waals surface area contributed by atoms with E-state index in [0.717, 1.165) is 16.8 Å². The van der Waals surface area contributed by atoms with Crippen molar-refractivity contribution in [1.82, 2.24) is 15.0 Å². The molecule has 6 heteroatoms. The largest absolute Gasteiger partial charge is 0.332 e. The first kappa shape index (κ1) is 15.6. The van der Waals surface area contributed by atoms with Gasteiger partial charge in [0.05, 0.1) is 10.8 Å². The summed E-state index contributed by atoms with van der Waals surface area (Å²) in [6.07, 6.45) is 2.42. The highest BCUT2D eigenvalue weighted by atomic mass is 32.2. The fourth-order valence-corrected chi connectivity index (χ4v) is 3.19. The molecule has 0 unspecified atom stereocenters. The topological polar surface area (TPSA) is 70.7 Å². The number of benzene rings is 1. The average molecular weight is 326 g/mol. The summed E-state index contributed by atoms with van der Waals surface area (Å²) in [5.41, 5.74) is 3.49. The molecule has 5 nitrogen and oxygen atoms in total. The van der Waals surface area contributed by atoms with Gasteiger partial charge in [0.2, 0.25) is 5.91 Å². The second-order valence-corrected chi connectivity index (χ2v) is 6.48. The Hall–Kier alpha value is -2.34. The molecule has 1 aromatic carbocycles. The lowest BCUT2D eigenvalue weighted by atomic mass is 10.2. The van der Waals surface area contributed by atoms with Crippen LogP contribution in [0.3, 0.4) is 0 Å².